The summed E-state index contributed by atoms with van der Waals surface area (Å²) >= 11 is 2.78. The van der Waals surface area contributed by atoms with E-state index in [2.05, 4.69) is 10.3 Å². The largest absolute Gasteiger partial charge is 0.462 e. The van der Waals surface area contributed by atoms with Crippen molar-refractivity contribution in [3.05, 3.63) is 28.9 Å². The molecule has 0 aromatic carbocycles. The van der Waals surface area contributed by atoms with E-state index in [-0.39, 0.29) is 17.6 Å². The number of thiophene rings is 1. The molecule has 25 heavy (non-hydrogen) atoms. The van der Waals surface area contributed by atoms with Gasteiger partial charge in [0.2, 0.25) is 5.91 Å². The second kappa shape index (κ2) is 8.05. The molecule has 1 fully saturated rings. The minimum absolute atomic E-state index is 0.148. The Hall–Kier alpha value is -1.80. The molecular formula is C17H21N3O3S2. The zero-order valence-corrected chi connectivity index (χ0v) is 15.9. The molecule has 0 spiro atoms. The maximum Gasteiger partial charge on any atom is 0.341 e. The summed E-state index contributed by atoms with van der Waals surface area (Å²) in [6.07, 6.45) is 5.79. The molecule has 2 heterocycles. The first-order valence-corrected chi connectivity index (χ1v) is 10.2. The normalized spacial score (nSPS) is 13.7. The first-order chi connectivity index (χ1) is 12.1. The van der Waals surface area contributed by atoms with Crippen LogP contribution in [-0.2, 0) is 16.1 Å². The second-order valence-corrected chi connectivity index (χ2v) is 7.54. The third kappa shape index (κ3) is 4.24. The van der Waals surface area contributed by atoms with Crippen molar-refractivity contribution < 1.29 is 14.3 Å². The number of esters is 1. The van der Waals surface area contributed by atoms with Crippen LogP contribution >= 0.6 is 23.1 Å². The van der Waals surface area contributed by atoms with E-state index < -0.39 is 0 Å². The van der Waals surface area contributed by atoms with Gasteiger partial charge in [-0.1, -0.05) is 11.8 Å². The molecule has 1 aliphatic carbocycles. The van der Waals surface area contributed by atoms with Crippen LogP contribution in [0.25, 0.3) is 0 Å². The predicted octanol–water partition coefficient (Wildman–Crippen LogP) is 3.75. The highest BCUT2D eigenvalue weighted by Gasteiger charge is 2.32. The molecule has 0 aliphatic heterocycles. The Kier molecular flexibility index (Phi) is 5.80. The number of hydrogen-bond acceptors (Lipinski definition) is 6. The average Bonchev–Trinajstić information content (AvgIpc) is 3.19. The van der Waals surface area contributed by atoms with E-state index >= 15 is 0 Å². The number of aromatic nitrogens is 2. The number of ether oxygens (including phenoxy) is 1. The van der Waals surface area contributed by atoms with Crippen LogP contribution in [0.15, 0.2) is 22.9 Å². The summed E-state index contributed by atoms with van der Waals surface area (Å²) in [4.78, 5) is 28.9. The van der Waals surface area contributed by atoms with E-state index in [0.29, 0.717) is 23.1 Å². The maximum absolute atomic E-state index is 12.3. The molecule has 0 saturated heterocycles. The van der Waals surface area contributed by atoms with E-state index in [1.54, 1.807) is 13.1 Å². The number of amides is 1. The fourth-order valence-corrected chi connectivity index (χ4v) is 4.41. The molecule has 1 saturated carbocycles. The lowest BCUT2D eigenvalue weighted by atomic mass is 10.1. The molecule has 8 heteroatoms. The highest BCUT2D eigenvalue weighted by Crippen LogP contribution is 2.46. The summed E-state index contributed by atoms with van der Waals surface area (Å²) in [7, 11) is 0. The Morgan fingerprint density at radius 3 is 2.92 bits per heavy atom. The van der Waals surface area contributed by atoms with Crippen molar-refractivity contribution in [3.8, 4) is 0 Å². The fraction of sp³-hybridized carbons (Fsp3) is 0.471. The van der Waals surface area contributed by atoms with E-state index in [1.807, 2.05) is 23.1 Å². The number of anilines is 1. The molecule has 1 amide bonds. The molecule has 1 aliphatic rings. The van der Waals surface area contributed by atoms with Gasteiger partial charge in [-0.2, -0.15) is 0 Å². The van der Waals surface area contributed by atoms with Crippen molar-refractivity contribution in [2.45, 2.75) is 44.3 Å². The van der Waals surface area contributed by atoms with E-state index in [0.717, 1.165) is 30.1 Å². The quantitative estimate of drug-likeness (QED) is 0.559. The Morgan fingerprint density at radius 1 is 1.44 bits per heavy atom. The summed E-state index contributed by atoms with van der Waals surface area (Å²) in [5.74, 6) is 0.170. The average molecular weight is 380 g/mol. The topological polar surface area (TPSA) is 73.2 Å². The van der Waals surface area contributed by atoms with Gasteiger partial charge in [0.05, 0.1) is 17.9 Å². The zero-order chi connectivity index (χ0) is 17.8. The van der Waals surface area contributed by atoms with Crippen LogP contribution in [0.4, 0.5) is 5.00 Å². The van der Waals surface area contributed by atoms with Crippen LogP contribution in [0, 0.1) is 0 Å². The van der Waals surface area contributed by atoms with Gasteiger partial charge in [-0.05, 0) is 43.6 Å². The van der Waals surface area contributed by atoms with Crippen LogP contribution < -0.4 is 5.32 Å². The van der Waals surface area contributed by atoms with Crippen molar-refractivity contribution in [2.24, 2.45) is 0 Å². The number of aryl methyl sites for hydroxylation is 1. The third-order valence-corrected chi connectivity index (χ3v) is 5.84. The van der Waals surface area contributed by atoms with Gasteiger partial charge in [-0.15, -0.1) is 11.3 Å². The highest BCUT2D eigenvalue weighted by molar-refractivity contribution is 7.99. The van der Waals surface area contributed by atoms with Gasteiger partial charge >= 0.3 is 5.97 Å². The van der Waals surface area contributed by atoms with Gasteiger partial charge < -0.3 is 14.6 Å². The lowest BCUT2D eigenvalue weighted by Crippen LogP contribution is -2.17. The minimum Gasteiger partial charge on any atom is -0.462 e. The van der Waals surface area contributed by atoms with Crippen LogP contribution in [0.1, 0.15) is 48.5 Å². The van der Waals surface area contributed by atoms with Gasteiger partial charge in [0.15, 0.2) is 5.16 Å². The first kappa shape index (κ1) is 18.0. The molecule has 6 nitrogen and oxygen atoms in total. The number of nitrogens with one attached hydrogen (secondary N) is 1. The van der Waals surface area contributed by atoms with Crippen molar-refractivity contribution in [3.63, 3.8) is 0 Å². The number of carbonyl (C=O) groups is 2. The Labute approximate surface area is 155 Å². The second-order valence-electron chi connectivity index (χ2n) is 5.72. The van der Waals surface area contributed by atoms with Gasteiger partial charge in [0, 0.05) is 18.9 Å². The highest BCUT2D eigenvalue weighted by atomic mass is 32.2. The molecule has 0 bridgehead atoms. The molecular weight excluding hydrogens is 358 g/mol. The van der Waals surface area contributed by atoms with Gasteiger partial charge in [0.1, 0.15) is 5.00 Å². The molecule has 0 unspecified atom stereocenters. The predicted molar refractivity (Wildman–Crippen MR) is 99.5 cm³/mol. The Morgan fingerprint density at radius 2 is 2.24 bits per heavy atom. The molecule has 0 radical (unpaired) electrons. The monoisotopic (exact) mass is 379 g/mol. The fourth-order valence-electron chi connectivity index (χ4n) is 2.54. The van der Waals surface area contributed by atoms with Gasteiger partial charge in [0.25, 0.3) is 0 Å². The standard InChI is InChI=1S/C17H21N3O3S2/c1-3-20-8-7-18-17(20)25-10-13(21)19-15-14(16(22)23-4-2)12(9-24-15)11-5-6-11/h7-9,11H,3-6,10H2,1-2H3,(H,19,21). The molecule has 0 atom stereocenters. The van der Waals surface area contributed by atoms with Gasteiger partial charge in [-0.3, -0.25) is 4.79 Å². The van der Waals surface area contributed by atoms with Crippen molar-refractivity contribution in [2.75, 3.05) is 17.7 Å². The number of rotatable bonds is 8. The molecule has 134 valence electrons. The minimum atomic E-state index is -0.352. The van der Waals surface area contributed by atoms with E-state index in [1.165, 1.54) is 23.1 Å². The third-order valence-electron chi connectivity index (χ3n) is 3.92. The zero-order valence-electron chi connectivity index (χ0n) is 14.3. The van der Waals surface area contributed by atoms with Crippen LogP contribution in [0.3, 0.4) is 0 Å². The molecule has 1 N–H and O–H groups in total. The maximum atomic E-state index is 12.3. The van der Waals surface area contributed by atoms with Crippen molar-refractivity contribution >= 4 is 40.0 Å². The summed E-state index contributed by atoms with van der Waals surface area (Å²) in [5, 5.41) is 6.24. The van der Waals surface area contributed by atoms with Crippen LogP contribution in [0.2, 0.25) is 0 Å². The lowest BCUT2D eigenvalue weighted by molar-refractivity contribution is -0.113. The Bertz CT molecular complexity index is 765. The van der Waals surface area contributed by atoms with E-state index in [4.69, 9.17) is 4.74 Å². The SMILES string of the molecule is CCOC(=O)c1c(C2CC2)csc1NC(=O)CSc1nccn1CC. The first-order valence-electron chi connectivity index (χ1n) is 8.36. The van der Waals surface area contributed by atoms with Crippen molar-refractivity contribution in [1.82, 2.24) is 9.55 Å². The smallest absolute Gasteiger partial charge is 0.341 e. The van der Waals surface area contributed by atoms with Crippen LogP contribution in [-0.4, -0.2) is 33.8 Å². The lowest BCUT2D eigenvalue weighted by Gasteiger charge is -2.08. The Balaban J connectivity index is 1.67. The number of imidazole rings is 1. The van der Waals surface area contributed by atoms with Gasteiger partial charge in [-0.25, -0.2) is 9.78 Å². The molecule has 3 rings (SSSR count). The number of carbonyl (C=O) groups excluding carboxylic acids is 2. The number of thioether (sulfide) groups is 1. The summed E-state index contributed by atoms with van der Waals surface area (Å²) in [6.45, 7) is 4.95. The summed E-state index contributed by atoms with van der Waals surface area (Å²) in [5.41, 5.74) is 1.54. The van der Waals surface area contributed by atoms with Crippen LogP contribution in [0.5, 0.6) is 0 Å². The number of nitrogens with zero attached hydrogens (tertiary/aromatic N) is 2. The molecule has 2 aromatic heterocycles. The number of hydrogen-bond donors (Lipinski definition) is 1. The van der Waals surface area contributed by atoms with Crippen molar-refractivity contribution in [1.29, 1.82) is 0 Å². The summed E-state index contributed by atoms with van der Waals surface area (Å²) < 4.78 is 7.16. The summed E-state index contributed by atoms with van der Waals surface area (Å²) in [6, 6.07) is 0. The molecule has 2 aromatic rings. The van der Waals surface area contributed by atoms with E-state index in [9.17, 15) is 9.59 Å².